The number of rotatable bonds is 4. The van der Waals surface area contributed by atoms with Gasteiger partial charge in [-0.3, -0.25) is 10.1 Å². The molecule has 0 aliphatic heterocycles. The van der Waals surface area contributed by atoms with Gasteiger partial charge in [0, 0.05) is 6.54 Å². The summed E-state index contributed by atoms with van der Waals surface area (Å²) in [5, 5.41) is 24.3. The SMILES string of the molecule is O=[N+]([O-])c1cc(Cl)nc(NCC2(O)CCCCCC2)c1. The first-order valence-electron chi connectivity index (χ1n) is 6.77. The van der Waals surface area contributed by atoms with Crippen LogP contribution in [0.15, 0.2) is 12.1 Å². The predicted octanol–water partition coefficient (Wildman–Crippen LogP) is 3.14. The van der Waals surface area contributed by atoms with Crippen LogP contribution in [0.2, 0.25) is 5.15 Å². The zero-order valence-electron chi connectivity index (χ0n) is 11.1. The third-order valence-electron chi connectivity index (χ3n) is 3.62. The van der Waals surface area contributed by atoms with E-state index in [0.29, 0.717) is 12.4 Å². The second kappa shape index (κ2) is 6.37. The van der Waals surface area contributed by atoms with Crippen molar-refractivity contribution in [1.82, 2.24) is 4.98 Å². The van der Waals surface area contributed by atoms with Gasteiger partial charge in [0.1, 0.15) is 11.0 Å². The minimum absolute atomic E-state index is 0.0644. The fourth-order valence-electron chi connectivity index (χ4n) is 2.50. The van der Waals surface area contributed by atoms with Crippen molar-refractivity contribution >= 4 is 23.1 Å². The van der Waals surface area contributed by atoms with Crippen LogP contribution in [0.5, 0.6) is 0 Å². The minimum Gasteiger partial charge on any atom is -0.388 e. The Kier molecular flexibility index (Phi) is 4.77. The molecule has 1 aliphatic carbocycles. The summed E-state index contributed by atoms with van der Waals surface area (Å²) < 4.78 is 0. The molecule has 0 atom stereocenters. The second-order valence-corrected chi connectivity index (χ2v) is 5.67. The lowest BCUT2D eigenvalue weighted by Crippen LogP contribution is -2.36. The highest BCUT2D eigenvalue weighted by Gasteiger charge is 2.28. The molecule has 2 N–H and O–H groups in total. The Morgan fingerprint density at radius 2 is 2.00 bits per heavy atom. The van der Waals surface area contributed by atoms with Crippen molar-refractivity contribution in [3.8, 4) is 0 Å². The summed E-state index contributed by atoms with van der Waals surface area (Å²) in [6, 6.07) is 2.53. The Morgan fingerprint density at radius 1 is 1.35 bits per heavy atom. The number of hydrogen-bond donors (Lipinski definition) is 2. The molecule has 0 spiro atoms. The Labute approximate surface area is 122 Å². The summed E-state index contributed by atoms with van der Waals surface area (Å²) in [6.07, 6.45) is 5.76. The summed E-state index contributed by atoms with van der Waals surface area (Å²) in [5.41, 5.74) is -0.879. The molecule has 0 radical (unpaired) electrons. The maximum atomic E-state index is 10.8. The topological polar surface area (TPSA) is 88.3 Å². The third kappa shape index (κ3) is 4.05. The summed E-state index contributed by atoms with van der Waals surface area (Å²) in [6.45, 7) is 0.331. The lowest BCUT2D eigenvalue weighted by atomic mass is 9.94. The van der Waals surface area contributed by atoms with Gasteiger partial charge in [-0.15, -0.1) is 0 Å². The Morgan fingerprint density at radius 3 is 2.60 bits per heavy atom. The molecule has 110 valence electrons. The van der Waals surface area contributed by atoms with Gasteiger partial charge in [0.05, 0.1) is 22.7 Å². The number of hydrogen-bond acceptors (Lipinski definition) is 5. The van der Waals surface area contributed by atoms with Gasteiger partial charge in [-0.1, -0.05) is 37.3 Å². The van der Waals surface area contributed by atoms with Crippen molar-refractivity contribution in [3.63, 3.8) is 0 Å². The molecule has 1 fully saturated rings. The van der Waals surface area contributed by atoms with E-state index >= 15 is 0 Å². The first-order chi connectivity index (χ1) is 9.48. The van der Waals surface area contributed by atoms with E-state index in [4.69, 9.17) is 11.6 Å². The highest BCUT2D eigenvalue weighted by molar-refractivity contribution is 6.29. The lowest BCUT2D eigenvalue weighted by Gasteiger charge is -2.27. The lowest BCUT2D eigenvalue weighted by molar-refractivity contribution is -0.384. The van der Waals surface area contributed by atoms with Gasteiger partial charge in [-0.25, -0.2) is 4.98 Å². The van der Waals surface area contributed by atoms with E-state index in [-0.39, 0.29) is 10.8 Å². The second-order valence-electron chi connectivity index (χ2n) is 5.28. The van der Waals surface area contributed by atoms with E-state index in [0.717, 1.165) is 38.5 Å². The van der Waals surface area contributed by atoms with Crippen molar-refractivity contribution in [1.29, 1.82) is 0 Å². The largest absolute Gasteiger partial charge is 0.388 e. The maximum absolute atomic E-state index is 10.8. The van der Waals surface area contributed by atoms with Crippen LogP contribution in [-0.4, -0.2) is 27.2 Å². The first-order valence-corrected chi connectivity index (χ1v) is 7.15. The number of nitrogens with zero attached hydrogens (tertiary/aromatic N) is 2. The van der Waals surface area contributed by atoms with E-state index in [1.807, 2.05) is 0 Å². The maximum Gasteiger partial charge on any atom is 0.276 e. The molecule has 1 aromatic heterocycles. The van der Waals surface area contributed by atoms with Crippen LogP contribution in [0.3, 0.4) is 0 Å². The van der Waals surface area contributed by atoms with Crippen LogP contribution in [0.1, 0.15) is 38.5 Å². The molecular formula is C13H18ClN3O3. The molecule has 2 rings (SSSR count). The number of halogens is 1. The molecule has 1 aliphatic rings. The van der Waals surface area contributed by atoms with Crippen LogP contribution >= 0.6 is 11.6 Å². The number of aromatic nitrogens is 1. The normalized spacial score (nSPS) is 18.3. The third-order valence-corrected chi connectivity index (χ3v) is 3.82. The van der Waals surface area contributed by atoms with Crippen molar-refractivity contribution in [3.05, 3.63) is 27.4 Å². The van der Waals surface area contributed by atoms with Gasteiger partial charge in [0.15, 0.2) is 0 Å². The van der Waals surface area contributed by atoms with Crippen molar-refractivity contribution in [2.45, 2.75) is 44.1 Å². The highest BCUT2D eigenvalue weighted by Crippen LogP contribution is 2.28. The summed E-state index contributed by atoms with van der Waals surface area (Å²) in [7, 11) is 0. The fourth-order valence-corrected chi connectivity index (χ4v) is 2.70. The zero-order valence-corrected chi connectivity index (χ0v) is 11.9. The molecule has 7 heteroatoms. The van der Waals surface area contributed by atoms with E-state index in [2.05, 4.69) is 10.3 Å². The predicted molar refractivity (Wildman–Crippen MR) is 77.0 cm³/mol. The van der Waals surface area contributed by atoms with E-state index in [1.54, 1.807) is 0 Å². The minimum atomic E-state index is -0.769. The number of aliphatic hydroxyl groups is 1. The molecule has 0 amide bonds. The van der Waals surface area contributed by atoms with Gasteiger partial charge in [-0.05, 0) is 12.8 Å². The quantitative estimate of drug-likeness (QED) is 0.386. The van der Waals surface area contributed by atoms with E-state index < -0.39 is 10.5 Å². The van der Waals surface area contributed by atoms with Crippen molar-refractivity contribution in [2.75, 3.05) is 11.9 Å². The average molecular weight is 300 g/mol. The zero-order chi connectivity index (χ0) is 14.6. The van der Waals surface area contributed by atoms with Crippen LogP contribution in [0.4, 0.5) is 11.5 Å². The molecule has 1 saturated carbocycles. The van der Waals surface area contributed by atoms with Crippen molar-refractivity contribution in [2.24, 2.45) is 0 Å². The molecule has 1 heterocycles. The summed E-state index contributed by atoms with van der Waals surface area (Å²) in [5.74, 6) is 0.321. The molecule has 0 bridgehead atoms. The highest BCUT2D eigenvalue weighted by atomic mass is 35.5. The summed E-state index contributed by atoms with van der Waals surface area (Å²) in [4.78, 5) is 14.2. The molecule has 0 aromatic carbocycles. The monoisotopic (exact) mass is 299 g/mol. The standard InChI is InChI=1S/C13H18ClN3O3/c14-11-7-10(17(19)20)8-12(16-11)15-9-13(18)5-3-1-2-4-6-13/h7-8,18H,1-6,9H2,(H,15,16). The van der Waals surface area contributed by atoms with E-state index in [9.17, 15) is 15.2 Å². The first kappa shape index (κ1) is 15.0. The Balaban J connectivity index is 2.04. The van der Waals surface area contributed by atoms with Gasteiger partial charge in [-0.2, -0.15) is 0 Å². The molecular weight excluding hydrogens is 282 g/mol. The smallest absolute Gasteiger partial charge is 0.276 e. The molecule has 0 unspecified atom stereocenters. The van der Waals surface area contributed by atoms with Crippen LogP contribution < -0.4 is 5.32 Å². The number of nitrogens with one attached hydrogen (secondary N) is 1. The fraction of sp³-hybridized carbons (Fsp3) is 0.615. The van der Waals surface area contributed by atoms with Crippen LogP contribution in [0.25, 0.3) is 0 Å². The van der Waals surface area contributed by atoms with Gasteiger partial charge < -0.3 is 10.4 Å². The molecule has 20 heavy (non-hydrogen) atoms. The summed E-state index contributed by atoms with van der Waals surface area (Å²) >= 11 is 5.76. The Hall–Kier alpha value is -1.40. The van der Waals surface area contributed by atoms with Crippen molar-refractivity contribution < 1.29 is 10.0 Å². The molecule has 1 aromatic rings. The van der Waals surface area contributed by atoms with Gasteiger partial charge in [0.2, 0.25) is 0 Å². The van der Waals surface area contributed by atoms with Gasteiger partial charge >= 0.3 is 0 Å². The molecule has 0 saturated heterocycles. The Bertz CT molecular complexity index is 488. The van der Waals surface area contributed by atoms with Crippen LogP contribution in [-0.2, 0) is 0 Å². The molecule has 6 nitrogen and oxygen atoms in total. The average Bonchev–Trinajstić information content (AvgIpc) is 2.61. The van der Waals surface area contributed by atoms with Crippen LogP contribution in [0, 0.1) is 10.1 Å². The van der Waals surface area contributed by atoms with Gasteiger partial charge in [0.25, 0.3) is 5.69 Å². The van der Waals surface area contributed by atoms with E-state index in [1.165, 1.54) is 12.1 Å². The number of anilines is 1. The number of nitro groups is 1. The number of pyridine rings is 1.